The van der Waals surface area contributed by atoms with E-state index in [0.717, 1.165) is 11.4 Å². The molecule has 0 spiro atoms. The third-order valence-electron chi connectivity index (χ3n) is 3.28. The molecule has 1 aromatic heterocycles. The number of benzene rings is 1. The fraction of sp³-hybridized carbons (Fsp3) is 0.294. The van der Waals surface area contributed by atoms with Crippen LogP contribution in [0.1, 0.15) is 29.4 Å². The molecule has 0 radical (unpaired) electrons. The van der Waals surface area contributed by atoms with Gasteiger partial charge in [0.15, 0.2) is 5.16 Å². The van der Waals surface area contributed by atoms with Crippen molar-refractivity contribution in [1.29, 1.82) is 0 Å². The van der Waals surface area contributed by atoms with Gasteiger partial charge in [0, 0.05) is 16.4 Å². The second-order valence-electron chi connectivity index (χ2n) is 5.49. The van der Waals surface area contributed by atoms with Crippen LogP contribution in [0.3, 0.4) is 0 Å². The number of aliphatic carboxylic acids is 1. The molecule has 1 amide bonds. The highest BCUT2D eigenvalue weighted by Gasteiger charge is 2.18. The number of halogens is 1. The van der Waals surface area contributed by atoms with E-state index < -0.39 is 12.0 Å². The monoisotopic (exact) mass is 379 g/mol. The van der Waals surface area contributed by atoms with Gasteiger partial charge in [-0.3, -0.25) is 9.59 Å². The zero-order chi connectivity index (χ0) is 18.4. The van der Waals surface area contributed by atoms with Gasteiger partial charge < -0.3 is 10.4 Å². The Morgan fingerprint density at radius 3 is 2.36 bits per heavy atom. The molecule has 0 aliphatic heterocycles. The number of nitrogens with one attached hydrogen (secondary N) is 1. The lowest BCUT2D eigenvalue weighted by Crippen LogP contribution is -2.31. The molecule has 0 bridgehead atoms. The van der Waals surface area contributed by atoms with Crippen LogP contribution in [0, 0.1) is 13.8 Å². The van der Waals surface area contributed by atoms with Gasteiger partial charge in [-0.25, -0.2) is 9.97 Å². The van der Waals surface area contributed by atoms with Crippen molar-refractivity contribution in [3.8, 4) is 0 Å². The summed E-state index contributed by atoms with van der Waals surface area (Å²) >= 11 is 7.06. The summed E-state index contributed by atoms with van der Waals surface area (Å²) in [4.78, 5) is 31.8. The molecule has 1 heterocycles. The van der Waals surface area contributed by atoms with Crippen molar-refractivity contribution < 1.29 is 14.7 Å². The Balaban J connectivity index is 2.01. The number of aryl methyl sites for hydroxylation is 2. The molecule has 0 unspecified atom stereocenters. The van der Waals surface area contributed by atoms with Crippen LogP contribution in [0.5, 0.6) is 0 Å². The van der Waals surface area contributed by atoms with Crippen molar-refractivity contribution in [2.24, 2.45) is 0 Å². The number of rotatable bonds is 7. The van der Waals surface area contributed by atoms with Gasteiger partial charge in [0.2, 0.25) is 5.91 Å². The molecule has 132 valence electrons. The SMILES string of the molecule is Cc1cc(C)nc(SCC(=O)N[C@@H](CC(=O)O)c2ccc(Cl)cc2)n1. The molecule has 25 heavy (non-hydrogen) atoms. The van der Waals surface area contributed by atoms with Crippen LogP contribution >= 0.6 is 23.4 Å². The maximum Gasteiger partial charge on any atom is 0.305 e. The molecular weight excluding hydrogens is 362 g/mol. The van der Waals surface area contributed by atoms with Crippen molar-refractivity contribution in [3.63, 3.8) is 0 Å². The predicted molar refractivity (Wildman–Crippen MR) is 96.8 cm³/mol. The molecule has 2 N–H and O–H groups in total. The predicted octanol–water partition coefficient (Wildman–Crippen LogP) is 3.17. The van der Waals surface area contributed by atoms with Gasteiger partial charge in [-0.2, -0.15) is 0 Å². The van der Waals surface area contributed by atoms with Crippen LogP contribution in [-0.2, 0) is 9.59 Å². The van der Waals surface area contributed by atoms with E-state index in [1.165, 1.54) is 11.8 Å². The molecule has 2 aromatic rings. The van der Waals surface area contributed by atoms with Crippen molar-refractivity contribution in [2.75, 3.05) is 5.75 Å². The van der Waals surface area contributed by atoms with Gasteiger partial charge >= 0.3 is 5.97 Å². The van der Waals surface area contributed by atoms with Crippen molar-refractivity contribution >= 4 is 35.2 Å². The summed E-state index contributed by atoms with van der Waals surface area (Å²) < 4.78 is 0. The maximum atomic E-state index is 12.2. The third kappa shape index (κ3) is 6.36. The van der Waals surface area contributed by atoms with E-state index in [9.17, 15) is 9.59 Å². The van der Waals surface area contributed by atoms with E-state index in [0.29, 0.717) is 15.7 Å². The fourth-order valence-electron chi connectivity index (χ4n) is 2.25. The van der Waals surface area contributed by atoms with Crippen molar-refractivity contribution in [1.82, 2.24) is 15.3 Å². The standard InChI is InChI=1S/C17H18ClN3O3S/c1-10-7-11(2)20-17(19-10)25-9-15(22)21-14(8-16(23)24)12-3-5-13(18)6-4-12/h3-7,14H,8-9H2,1-2H3,(H,21,22)(H,23,24)/t14-/m0/s1. The Morgan fingerprint density at radius 2 is 1.80 bits per heavy atom. The molecule has 1 atom stereocenters. The molecule has 1 aromatic carbocycles. The van der Waals surface area contributed by atoms with Gasteiger partial charge in [-0.1, -0.05) is 35.5 Å². The minimum Gasteiger partial charge on any atom is -0.481 e. The lowest BCUT2D eigenvalue weighted by molar-refractivity contribution is -0.137. The van der Waals surface area contributed by atoms with Crippen LogP contribution in [0.4, 0.5) is 0 Å². The average Bonchev–Trinajstić information content (AvgIpc) is 2.52. The molecule has 8 heteroatoms. The van der Waals surface area contributed by atoms with E-state index in [4.69, 9.17) is 16.7 Å². The van der Waals surface area contributed by atoms with Crippen LogP contribution < -0.4 is 5.32 Å². The molecule has 0 saturated heterocycles. The molecule has 0 aliphatic rings. The van der Waals surface area contributed by atoms with E-state index in [-0.39, 0.29) is 18.1 Å². The number of nitrogens with zero attached hydrogens (tertiary/aromatic N) is 2. The van der Waals surface area contributed by atoms with Crippen molar-refractivity contribution in [3.05, 3.63) is 52.3 Å². The molecule has 6 nitrogen and oxygen atoms in total. The number of carboxylic acids is 1. The fourth-order valence-corrected chi connectivity index (χ4v) is 3.13. The molecular formula is C17H18ClN3O3S. The maximum absolute atomic E-state index is 12.2. The number of hydrogen-bond acceptors (Lipinski definition) is 5. The summed E-state index contributed by atoms with van der Waals surface area (Å²) in [5, 5.41) is 12.9. The average molecular weight is 380 g/mol. The Hall–Kier alpha value is -2.12. The van der Waals surface area contributed by atoms with E-state index in [1.807, 2.05) is 19.9 Å². The van der Waals surface area contributed by atoms with Crippen molar-refractivity contribution in [2.45, 2.75) is 31.5 Å². The van der Waals surface area contributed by atoms with E-state index >= 15 is 0 Å². The zero-order valence-corrected chi connectivity index (χ0v) is 15.4. The number of aromatic nitrogens is 2. The number of hydrogen-bond donors (Lipinski definition) is 2. The topological polar surface area (TPSA) is 92.2 Å². The summed E-state index contributed by atoms with van der Waals surface area (Å²) in [6.07, 6.45) is -0.210. The van der Waals surface area contributed by atoms with Crippen LogP contribution in [0.15, 0.2) is 35.5 Å². The van der Waals surface area contributed by atoms with Crippen LogP contribution in [0.25, 0.3) is 0 Å². The number of amides is 1. The summed E-state index contributed by atoms with van der Waals surface area (Å²) in [6, 6.07) is 7.97. The van der Waals surface area contributed by atoms with Gasteiger partial charge in [0.05, 0.1) is 18.2 Å². The lowest BCUT2D eigenvalue weighted by atomic mass is 10.0. The number of thioether (sulfide) groups is 1. The van der Waals surface area contributed by atoms with Gasteiger partial charge in [-0.05, 0) is 37.6 Å². The zero-order valence-electron chi connectivity index (χ0n) is 13.8. The quantitative estimate of drug-likeness (QED) is 0.567. The summed E-state index contributed by atoms with van der Waals surface area (Å²) in [5.74, 6) is -1.17. The summed E-state index contributed by atoms with van der Waals surface area (Å²) in [5.41, 5.74) is 2.36. The van der Waals surface area contributed by atoms with Crippen LogP contribution in [0.2, 0.25) is 5.02 Å². The number of carbonyl (C=O) groups is 2. The molecule has 0 fully saturated rings. The third-order valence-corrected chi connectivity index (χ3v) is 4.38. The minimum absolute atomic E-state index is 0.104. The Labute approximate surface area is 155 Å². The van der Waals surface area contributed by atoms with E-state index in [2.05, 4.69) is 15.3 Å². The number of carbonyl (C=O) groups excluding carboxylic acids is 1. The largest absolute Gasteiger partial charge is 0.481 e. The normalized spacial score (nSPS) is 11.8. The Bertz CT molecular complexity index is 748. The highest BCUT2D eigenvalue weighted by molar-refractivity contribution is 7.99. The first-order valence-electron chi connectivity index (χ1n) is 7.55. The molecule has 0 saturated carbocycles. The summed E-state index contributed by atoms with van der Waals surface area (Å²) in [6.45, 7) is 3.73. The Morgan fingerprint density at radius 1 is 1.20 bits per heavy atom. The Kier molecular flexibility index (Phi) is 6.78. The van der Waals surface area contributed by atoms with E-state index in [1.54, 1.807) is 24.3 Å². The minimum atomic E-state index is -0.995. The second kappa shape index (κ2) is 8.82. The highest BCUT2D eigenvalue weighted by atomic mass is 35.5. The first-order chi connectivity index (χ1) is 11.8. The van der Waals surface area contributed by atoms with Crippen LogP contribution in [-0.4, -0.2) is 32.7 Å². The highest BCUT2D eigenvalue weighted by Crippen LogP contribution is 2.20. The van der Waals surface area contributed by atoms with Gasteiger partial charge in [0.1, 0.15) is 0 Å². The number of carboxylic acid groups (broad SMARTS) is 1. The second-order valence-corrected chi connectivity index (χ2v) is 6.87. The smallest absolute Gasteiger partial charge is 0.305 e. The van der Waals surface area contributed by atoms with Gasteiger partial charge in [0.25, 0.3) is 0 Å². The first kappa shape index (κ1) is 19.2. The van der Waals surface area contributed by atoms with Gasteiger partial charge in [-0.15, -0.1) is 0 Å². The molecule has 0 aliphatic carbocycles. The molecule has 2 rings (SSSR count). The first-order valence-corrected chi connectivity index (χ1v) is 8.91. The summed E-state index contributed by atoms with van der Waals surface area (Å²) in [7, 11) is 0. The lowest BCUT2D eigenvalue weighted by Gasteiger charge is -2.17.